The van der Waals surface area contributed by atoms with E-state index in [1.165, 1.54) is 11.1 Å². The summed E-state index contributed by atoms with van der Waals surface area (Å²) in [4.78, 5) is 51.9. The van der Waals surface area contributed by atoms with Gasteiger partial charge in [0.2, 0.25) is 5.91 Å². The molecule has 0 spiro atoms. The van der Waals surface area contributed by atoms with Crippen molar-refractivity contribution in [2.45, 2.75) is 19.5 Å². The predicted molar refractivity (Wildman–Crippen MR) is 144 cm³/mol. The second kappa shape index (κ2) is 11.1. The molecule has 9 nitrogen and oxygen atoms in total. The van der Waals surface area contributed by atoms with Crippen LogP contribution >= 0.6 is 0 Å². The van der Waals surface area contributed by atoms with Gasteiger partial charge in [-0.1, -0.05) is 60.2 Å². The van der Waals surface area contributed by atoms with Crippen LogP contribution in [0.25, 0.3) is 11.0 Å². The SMILES string of the molecule is Cc1ccc(NC(=O)N2CCN(C(=O)c3cnc4ccccc4n3)C(C(=O)NCc3ccccc3)C2)cc1. The molecule has 2 N–H and O–H groups in total. The molecule has 38 heavy (non-hydrogen) atoms. The second-order valence-electron chi connectivity index (χ2n) is 9.20. The Morgan fingerprint density at radius 1 is 0.895 bits per heavy atom. The first-order chi connectivity index (χ1) is 18.5. The number of nitrogens with one attached hydrogen (secondary N) is 2. The molecule has 4 amide bonds. The summed E-state index contributed by atoms with van der Waals surface area (Å²) in [5.41, 5.74) is 4.11. The van der Waals surface area contributed by atoms with Crippen molar-refractivity contribution in [3.8, 4) is 0 Å². The number of para-hydroxylation sites is 2. The maximum atomic E-state index is 13.6. The number of aryl methyl sites for hydroxylation is 1. The molecule has 9 heteroatoms. The Balaban J connectivity index is 1.35. The molecule has 192 valence electrons. The highest BCUT2D eigenvalue weighted by Crippen LogP contribution is 2.18. The van der Waals surface area contributed by atoms with Crippen LogP contribution in [0.3, 0.4) is 0 Å². The Hall–Kier alpha value is -4.79. The highest BCUT2D eigenvalue weighted by atomic mass is 16.2. The third-order valence-electron chi connectivity index (χ3n) is 6.51. The van der Waals surface area contributed by atoms with Crippen LogP contribution in [0.2, 0.25) is 0 Å². The highest BCUT2D eigenvalue weighted by molar-refractivity contribution is 5.98. The molecule has 1 atom stereocenters. The van der Waals surface area contributed by atoms with Crippen molar-refractivity contribution in [3.63, 3.8) is 0 Å². The second-order valence-corrected chi connectivity index (χ2v) is 9.20. The van der Waals surface area contributed by atoms with Crippen LogP contribution in [-0.4, -0.2) is 63.3 Å². The number of benzene rings is 3. The van der Waals surface area contributed by atoms with Gasteiger partial charge in [-0.3, -0.25) is 14.6 Å². The summed E-state index contributed by atoms with van der Waals surface area (Å²) in [6.07, 6.45) is 1.43. The highest BCUT2D eigenvalue weighted by Gasteiger charge is 2.38. The minimum atomic E-state index is -0.892. The van der Waals surface area contributed by atoms with E-state index in [4.69, 9.17) is 0 Å². The zero-order valence-corrected chi connectivity index (χ0v) is 21.0. The van der Waals surface area contributed by atoms with Crippen molar-refractivity contribution < 1.29 is 14.4 Å². The molecule has 5 rings (SSSR count). The van der Waals surface area contributed by atoms with Gasteiger partial charge in [0, 0.05) is 25.3 Å². The number of carbonyl (C=O) groups excluding carboxylic acids is 3. The van der Waals surface area contributed by atoms with Gasteiger partial charge in [-0.2, -0.15) is 0 Å². The van der Waals surface area contributed by atoms with E-state index in [9.17, 15) is 14.4 Å². The monoisotopic (exact) mass is 508 g/mol. The van der Waals surface area contributed by atoms with E-state index >= 15 is 0 Å². The summed E-state index contributed by atoms with van der Waals surface area (Å²) in [7, 11) is 0. The van der Waals surface area contributed by atoms with E-state index in [2.05, 4.69) is 20.6 Å². The largest absolute Gasteiger partial charge is 0.350 e. The van der Waals surface area contributed by atoms with Crippen LogP contribution in [0.15, 0.2) is 85.1 Å². The number of fused-ring (bicyclic) bond motifs is 1. The van der Waals surface area contributed by atoms with Crippen molar-refractivity contribution in [2.24, 2.45) is 0 Å². The standard InChI is InChI=1S/C29H28N6O3/c1-20-11-13-22(14-12-20)32-29(38)34-15-16-35(26(19-34)27(36)31-17-21-7-3-2-4-8-21)28(37)25-18-30-23-9-5-6-10-24(23)33-25/h2-14,18,26H,15-17,19H2,1H3,(H,31,36)(H,32,38). The molecule has 1 saturated heterocycles. The van der Waals surface area contributed by atoms with Crippen molar-refractivity contribution in [1.82, 2.24) is 25.1 Å². The summed E-state index contributed by atoms with van der Waals surface area (Å²) < 4.78 is 0. The van der Waals surface area contributed by atoms with Gasteiger partial charge in [0.25, 0.3) is 5.91 Å². The lowest BCUT2D eigenvalue weighted by Gasteiger charge is -2.40. The smallest absolute Gasteiger partial charge is 0.321 e. The van der Waals surface area contributed by atoms with Gasteiger partial charge in [-0.25, -0.2) is 9.78 Å². The number of carbonyl (C=O) groups is 3. The lowest BCUT2D eigenvalue weighted by atomic mass is 10.1. The summed E-state index contributed by atoms with van der Waals surface area (Å²) in [6.45, 7) is 2.78. The average Bonchev–Trinajstić information content (AvgIpc) is 2.96. The number of hydrogen-bond donors (Lipinski definition) is 2. The average molecular weight is 509 g/mol. The molecule has 0 radical (unpaired) electrons. The molecule has 1 unspecified atom stereocenters. The van der Waals surface area contributed by atoms with E-state index in [1.54, 1.807) is 11.0 Å². The lowest BCUT2D eigenvalue weighted by molar-refractivity contribution is -0.127. The maximum absolute atomic E-state index is 13.6. The molecule has 1 fully saturated rings. The number of nitrogens with zero attached hydrogens (tertiary/aromatic N) is 4. The molecule has 1 aliphatic rings. The Morgan fingerprint density at radius 3 is 2.37 bits per heavy atom. The van der Waals surface area contributed by atoms with Gasteiger partial charge >= 0.3 is 6.03 Å². The topological polar surface area (TPSA) is 108 Å². The molecule has 0 aliphatic carbocycles. The Labute approximate surface area is 220 Å². The number of urea groups is 1. The minimum absolute atomic E-state index is 0.0467. The summed E-state index contributed by atoms with van der Waals surface area (Å²) >= 11 is 0. The number of aromatic nitrogens is 2. The van der Waals surface area contributed by atoms with Gasteiger partial charge in [-0.05, 0) is 36.8 Å². The van der Waals surface area contributed by atoms with Gasteiger partial charge in [-0.15, -0.1) is 0 Å². The number of rotatable bonds is 5. The fourth-order valence-corrected chi connectivity index (χ4v) is 4.38. The number of piperazine rings is 1. The molecule has 1 aliphatic heterocycles. The third kappa shape index (κ3) is 5.62. The zero-order chi connectivity index (χ0) is 26.5. The maximum Gasteiger partial charge on any atom is 0.321 e. The summed E-state index contributed by atoms with van der Waals surface area (Å²) in [5, 5.41) is 5.80. The first kappa shape index (κ1) is 24.9. The van der Waals surface area contributed by atoms with E-state index in [1.807, 2.05) is 79.7 Å². The van der Waals surface area contributed by atoms with E-state index in [-0.39, 0.29) is 37.3 Å². The van der Waals surface area contributed by atoms with Gasteiger partial charge in [0.15, 0.2) is 0 Å². The first-order valence-electron chi connectivity index (χ1n) is 12.4. The van der Waals surface area contributed by atoms with Crippen molar-refractivity contribution in [2.75, 3.05) is 25.0 Å². The van der Waals surface area contributed by atoms with Gasteiger partial charge in [0.1, 0.15) is 11.7 Å². The Bertz CT molecular complexity index is 1460. The van der Waals surface area contributed by atoms with Crippen LogP contribution in [-0.2, 0) is 11.3 Å². The minimum Gasteiger partial charge on any atom is -0.350 e. The summed E-state index contributed by atoms with van der Waals surface area (Å²) in [6, 6.07) is 23.1. The summed E-state index contributed by atoms with van der Waals surface area (Å²) in [5.74, 6) is -0.745. The Morgan fingerprint density at radius 2 is 1.61 bits per heavy atom. The fourth-order valence-electron chi connectivity index (χ4n) is 4.38. The molecule has 1 aromatic heterocycles. The van der Waals surface area contributed by atoms with E-state index < -0.39 is 11.9 Å². The molecule has 2 heterocycles. The van der Waals surface area contributed by atoms with E-state index in [0.29, 0.717) is 23.3 Å². The molecular formula is C29H28N6O3. The molecule has 3 aromatic carbocycles. The van der Waals surface area contributed by atoms with Crippen molar-refractivity contribution in [3.05, 3.63) is 102 Å². The molecular weight excluding hydrogens is 480 g/mol. The quantitative estimate of drug-likeness (QED) is 0.428. The number of anilines is 1. The van der Waals surface area contributed by atoms with E-state index in [0.717, 1.165) is 11.1 Å². The van der Waals surface area contributed by atoms with Gasteiger partial charge in [0.05, 0.1) is 23.8 Å². The molecule has 0 bridgehead atoms. The fraction of sp³-hybridized carbons (Fsp3) is 0.207. The third-order valence-corrected chi connectivity index (χ3v) is 6.51. The van der Waals surface area contributed by atoms with Crippen LogP contribution in [0.4, 0.5) is 10.5 Å². The van der Waals surface area contributed by atoms with Crippen molar-refractivity contribution >= 4 is 34.6 Å². The predicted octanol–water partition coefficient (Wildman–Crippen LogP) is 3.61. The number of amides is 4. The Kier molecular flexibility index (Phi) is 7.26. The van der Waals surface area contributed by atoms with Gasteiger partial charge < -0.3 is 20.4 Å². The van der Waals surface area contributed by atoms with Crippen molar-refractivity contribution in [1.29, 1.82) is 0 Å². The van der Waals surface area contributed by atoms with Crippen LogP contribution < -0.4 is 10.6 Å². The van der Waals surface area contributed by atoms with Crippen LogP contribution in [0, 0.1) is 6.92 Å². The first-order valence-corrected chi connectivity index (χ1v) is 12.4. The zero-order valence-electron chi connectivity index (χ0n) is 21.0. The molecule has 0 saturated carbocycles. The molecule has 4 aromatic rings. The van der Waals surface area contributed by atoms with Crippen LogP contribution in [0.5, 0.6) is 0 Å². The normalized spacial score (nSPS) is 15.2. The van der Waals surface area contributed by atoms with Crippen LogP contribution in [0.1, 0.15) is 21.6 Å². The number of hydrogen-bond acceptors (Lipinski definition) is 5. The lowest BCUT2D eigenvalue weighted by Crippen LogP contribution is -2.62.